The fraction of sp³-hybridized carbons (Fsp3) is 0.850. The molecule has 3 saturated carbocycles. The van der Waals surface area contributed by atoms with Crippen molar-refractivity contribution in [3.63, 3.8) is 0 Å². The number of fused-ring (bicyclic) bond motifs is 5. The lowest BCUT2D eigenvalue weighted by Gasteiger charge is -2.59. The summed E-state index contributed by atoms with van der Waals surface area (Å²) in [5, 5.41) is 21.2. The van der Waals surface area contributed by atoms with Gasteiger partial charge in [-0.15, -0.1) is 0 Å². The van der Waals surface area contributed by atoms with Crippen LogP contribution in [0, 0.1) is 28.6 Å². The third-order valence-electron chi connectivity index (χ3n) is 8.53. The van der Waals surface area contributed by atoms with Gasteiger partial charge in [-0.2, -0.15) is 0 Å². The van der Waals surface area contributed by atoms with Crippen molar-refractivity contribution < 1.29 is 15.0 Å². The third-order valence-corrected chi connectivity index (χ3v) is 8.53. The molecule has 6 atom stereocenters. The molecule has 0 aromatic heterocycles. The van der Waals surface area contributed by atoms with Crippen LogP contribution in [-0.4, -0.2) is 28.2 Å². The monoisotopic (exact) mass is 318 g/mol. The smallest absolute Gasteiger partial charge is 0.155 e. The van der Waals surface area contributed by atoms with Crippen LogP contribution in [0.1, 0.15) is 65.2 Å². The van der Waals surface area contributed by atoms with Gasteiger partial charge >= 0.3 is 0 Å². The van der Waals surface area contributed by atoms with Gasteiger partial charge in [0.25, 0.3) is 0 Å². The quantitative estimate of drug-likeness (QED) is 0.780. The van der Waals surface area contributed by atoms with Crippen molar-refractivity contribution in [2.24, 2.45) is 28.6 Å². The van der Waals surface area contributed by atoms with E-state index in [4.69, 9.17) is 0 Å². The standard InChI is InChI=1S/C20H30O3/c1-18-8-6-17-15(16(18)7-9-19(18,2)23)4-3-13-11-14(22)5-10-20(13,17)12-21/h11,15-17,21,23H,3-10,12H2,1-2H3/t15-,16-,17+,18-,19?,20+/m0/s1. The third kappa shape index (κ3) is 1.93. The molecular weight excluding hydrogens is 288 g/mol. The molecule has 0 aromatic carbocycles. The second-order valence-corrected chi connectivity index (χ2v) is 9.13. The molecule has 0 radical (unpaired) electrons. The minimum atomic E-state index is -0.548. The number of ketones is 1. The van der Waals surface area contributed by atoms with Gasteiger partial charge in [-0.1, -0.05) is 12.5 Å². The number of aliphatic hydroxyl groups excluding tert-OH is 1. The molecule has 3 heteroatoms. The summed E-state index contributed by atoms with van der Waals surface area (Å²) in [4.78, 5) is 11.9. The fourth-order valence-corrected chi connectivity index (χ4v) is 6.90. The maximum absolute atomic E-state index is 11.9. The van der Waals surface area contributed by atoms with Crippen LogP contribution in [0.5, 0.6) is 0 Å². The Morgan fingerprint density at radius 3 is 2.57 bits per heavy atom. The van der Waals surface area contributed by atoms with Gasteiger partial charge in [-0.3, -0.25) is 4.79 Å². The predicted octanol–water partition coefficient (Wildman–Crippen LogP) is 3.24. The molecule has 4 aliphatic carbocycles. The molecule has 1 unspecified atom stereocenters. The molecular formula is C20H30O3. The molecule has 3 fully saturated rings. The zero-order valence-corrected chi connectivity index (χ0v) is 14.5. The molecule has 0 aliphatic heterocycles. The first-order valence-electron chi connectivity index (χ1n) is 9.41. The zero-order valence-electron chi connectivity index (χ0n) is 14.5. The number of rotatable bonds is 1. The van der Waals surface area contributed by atoms with Crippen LogP contribution in [0.4, 0.5) is 0 Å². The highest BCUT2D eigenvalue weighted by Crippen LogP contribution is 2.67. The number of carbonyl (C=O) groups is 1. The Kier molecular flexibility index (Phi) is 3.39. The predicted molar refractivity (Wildman–Crippen MR) is 88.7 cm³/mol. The van der Waals surface area contributed by atoms with Crippen LogP contribution in [0.3, 0.4) is 0 Å². The molecule has 0 aromatic rings. The molecule has 0 saturated heterocycles. The van der Waals surface area contributed by atoms with E-state index in [-0.39, 0.29) is 23.2 Å². The molecule has 3 nitrogen and oxygen atoms in total. The lowest BCUT2D eigenvalue weighted by atomic mass is 9.46. The number of hydrogen-bond donors (Lipinski definition) is 2. The summed E-state index contributed by atoms with van der Waals surface area (Å²) in [5.74, 6) is 1.90. The van der Waals surface area contributed by atoms with E-state index in [9.17, 15) is 15.0 Å². The van der Waals surface area contributed by atoms with E-state index in [1.807, 2.05) is 13.0 Å². The summed E-state index contributed by atoms with van der Waals surface area (Å²) >= 11 is 0. The average Bonchev–Trinajstić information content (AvgIpc) is 2.77. The van der Waals surface area contributed by atoms with Crippen LogP contribution in [0.25, 0.3) is 0 Å². The van der Waals surface area contributed by atoms with Gasteiger partial charge in [-0.25, -0.2) is 0 Å². The van der Waals surface area contributed by atoms with Gasteiger partial charge < -0.3 is 10.2 Å². The molecule has 4 rings (SSSR count). The SMILES string of the molecule is CC1(O)CC[C@H]2[C@@H]3CCC4=CC(=O)CC[C@]4(CO)[C@@H]3CC[C@@]21C. The van der Waals surface area contributed by atoms with Crippen molar-refractivity contribution in [1.82, 2.24) is 0 Å². The Hall–Kier alpha value is -0.670. The summed E-state index contributed by atoms with van der Waals surface area (Å²) in [7, 11) is 0. The van der Waals surface area contributed by atoms with Crippen LogP contribution in [0.2, 0.25) is 0 Å². The Morgan fingerprint density at radius 2 is 1.83 bits per heavy atom. The maximum Gasteiger partial charge on any atom is 0.155 e. The van der Waals surface area contributed by atoms with E-state index in [0.29, 0.717) is 24.2 Å². The molecule has 2 N–H and O–H groups in total. The van der Waals surface area contributed by atoms with Gasteiger partial charge in [0.15, 0.2) is 5.78 Å². The van der Waals surface area contributed by atoms with Gasteiger partial charge in [0.1, 0.15) is 0 Å². The first kappa shape index (κ1) is 15.8. The second kappa shape index (κ2) is 4.92. The highest BCUT2D eigenvalue weighted by Gasteiger charge is 2.63. The highest BCUT2D eigenvalue weighted by molar-refractivity contribution is 5.91. The Balaban J connectivity index is 1.72. The van der Waals surface area contributed by atoms with Crippen LogP contribution >= 0.6 is 0 Å². The van der Waals surface area contributed by atoms with Crippen LogP contribution in [0.15, 0.2) is 11.6 Å². The van der Waals surface area contributed by atoms with Crippen LogP contribution in [-0.2, 0) is 4.79 Å². The van der Waals surface area contributed by atoms with Crippen molar-refractivity contribution in [3.8, 4) is 0 Å². The summed E-state index contributed by atoms with van der Waals surface area (Å²) < 4.78 is 0. The molecule has 128 valence electrons. The fourth-order valence-electron chi connectivity index (χ4n) is 6.90. The number of hydrogen-bond acceptors (Lipinski definition) is 3. The summed E-state index contributed by atoms with van der Waals surface area (Å²) in [5.41, 5.74) is 0.558. The highest BCUT2D eigenvalue weighted by atomic mass is 16.3. The van der Waals surface area contributed by atoms with Crippen molar-refractivity contribution in [2.45, 2.75) is 70.8 Å². The summed E-state index contributed by atoms with van der Waals surface area (Å²) in [6, 6.07) is 0. The second-order valence-electron chi connectivity index (χ2n) is 9.13. The first-order chi connectivity index (χ1) is 10.8. The van der Waals surface area contributed by atoms with E-state index in [0.717, 1.165) is 44.9 Å². The van der Waals surface area contributed by atoms with Crippen molar-refractivity contribution in [3.05, 3.63) is 11.6 Å². The van der Waals surface area contributed by atoms with Gasteiger partial charge in [0, 0.05) is 11.8 Å². The topological polar surface area (TPSA) is 57.5 Å². The summed E-state index contributed by atoms with van der Waals surface area (Å²) in [6.07, 6.45) is 9.52. The minimum absolute atomic E-state index is 0.0243. The molecule has 23 heavy (non-hydrogen) atoms. The zero-order chi connectivity index (χ0) is 16.5. The molecule has 0 bridgehead atoms. The van der Waals surface area contributed by atoms with Crippen molar-refractivity contribution in [2.75, 3.05) is 6.61 Å². The minimum Gasteiger partial charge on any atom is -0.395 e. The average molecular weight is 318 g/mol. The molecule has 0 amide bonds. The van der Waals surface area contributed by atoms with Gasteiger partial charge in [-0.05, 0) is 81.1 Å². The lowest BCUT2D eigenvalue weighted by molar-refractivity contribution is -0.130. The summed E-state index contributed by atoms with van der Waals surface area (Å²) in [6.45, 7) is 4.51. The Labute approximate surface area is 139 Å². The van der Waals surface area contributed by atoms with Gasteiger partial charge in [0.2, 0.25) is 0 Å². The van der Waals surface area contributed by atoms with E-state index >= 15 is 0 Å². The Bertz CT molecular complexity index is 563. The van der Waals surface area contributed by atoms with E-state index in [2.05, 4.69) is 6.92 Å². The largest absolute Gasteiger partial charge is 0.395 e. The van der Waals surface area contributed by atoms with E-state index in [1.165, 1.54) is 5.57 Å². The van der Waals surface area contributed by atoms with Gasteiger partial charge in [0.05, 0.1) is 12.2 Å². The molecule has 0 spiro atoms. The van der Waals surface area contributed by atoms with E-state index in [1.54, 1.807) is 0 Å². The van der Waals surface area contributed by atoms with Crippen molar-refractivity contribution in [1.29, 1.82) is 0 Å². The van der Waals surface area contributed by atoms with E-state index < -0.39 is 5.60 Å². The van der Waals surface area contributed by atoms with Crippen molar-refractivity contribution >= 4 is 5.78 Å². The lowest BCUT2D eigenvalue weighted by Crippen LogP contribution is -2.55. The first-order valence-corrected chi connectivity index (χ1v) is 9.41. The van der Waals surface area contributed by atoms with Crippen LogP contribution < -0.4 is 0 Å². The molecule has 4 aliphatic rings. The maximum atomic E-state index is 11.9. The Morgan fingerprint density at radius 1 is 1.09 bits per heavy atom. The number of aliphatic hydroxyl groups is 2. The normalized spacial score (nSPS) is 52.4. The number of carbonyl (C=O) groups excluding carboxylic acids is 1. The molecule has 0 heterocycles.